The first-order valence-corrected chi connectivity index (χ1v) is 9.68. The highest BCUT2D eigenvalue weighted by atomic mass is 35.5. The van der Waals surface area contributed by atoms with E-state index >= 15 is 0 Å². The molecule has 0 fully saturated rings. The van der Waals surface area contributed by atoms with E-state index in [4.69, 9.17) is 27.9 Å². The van der Waals surface area contributed by atoms with Gasteiger partial charge in [0.25, 0.3) is 5.91 Å². The largest absolute Gasteiger partial charge is 0.488 e. The molecule has 0 saturated carbocycles. The van der Waals surface area contributed by atoms with E-state index in [-0.39, 0.29) is 5.91 Å². The van der Waals surface area contributed by atoms with Crippen molar-refractivity contribution in [3.8, 4) is 17.0 Å². The quantitative estimate of drug-likeness (QED) is 0.388. The number of rotatable bonds is 5. The van der Waals surface area contributed by atoms with Crippen LogP contribution >= 0.6 is 23.2 Å². The van der Waals surface area contributed by atoms with Gasteiger partial charge in [0.1, 0.15) is 12.4 Å². The van der Waals surface area contributed by atoms with Gasteiger partial charge in [0.2, 0.25) is 0 Å². The number of para-hydroxylation sites is 1. The SMILES string of the molecule is O=C(c1cccc(Cl)c1)n1ccc(-c2ccccc2OCc2ccc(Cl)cc2)n1. The lowest BCUT2D eigenvalue weighted by molar-refractivity contribution is 0.0945. The van der Waals surface area contributed by atoms with E-state index in [1.165, 1.54) is 4.68 Å². The molecule has 29 heavy (non-hydrogen) atoms. The van der Waals surface area contributed by atoms with Crippen LogP contribution in [0.15, 0.2) is 85.1 Å². The van der Waals surface area contributed by atoms with E-state index in [1.807, 2.05) is 48.5 Å². The fourth-order valence-electron chi connectivity index (χ4n) is 2.88. The van der Waals surface area contributed by atoms with Crippen LogP contribution in [-0.4, -0.2) is 15.7 Å². The molecule has 0 aliphatic heterocycles. The molecule has 0 aliphatic rings. The van der Waals surface area contributed by atoms with Crippen molar-refractivity contribution in [2.75, 3.05) is 0 Å². The summed E-state index contributed by atoms with van der Waals surface area (Å²) in [5, 5.41) is 5.63. The number of aromatic nitrogens is 2. The highest BCUT2D eigenvalue weighted by Gasteiger charge is 2.14. The second-order valence-electron chi connectivity index (χ2n) is 6.37. The Bertz CT molecular complexity index is 1150. The minimum Gasteiger partial charge on any atom is -0.488 e. The lowest BCUT2D eigenvalue weighted by Crippen LogP contribution is -2.12. The van der Waals surface area contributed by atoms with Crippen molar-refractivity contribution in [1.82, 2.24) is 9.78 Å². The summed E-state index contributed by atoms with van der Waals surface area (Å²) in [4.78, 5) is 12.7. The second-order valence-corrected chi connectivity index (χ2v) is 7.25. The van der Waals surface area contributed by atoms with Crippen LogP contribution in [-0.2, 0) is 6.61 Å². The van der Waals surface area contributed by atoms with Crippen molar-refractivity contribution in [3.63, 3.8) is 0 Å². The summed E-state index contributed by atoms with van der Waals surface area (Å²) in [6.07, 6.45) is 1.63. The number of carbonyl (C=O) groups is 1. The van der Waals surface area contributed by atoms with Crippen molar-refractivity contribution in [2.24, 2.45) is 0 Å². The Labute approximate surface area is 178 Å². The van der Waals surface area contributed by atoms with Gasteiger partial charge in [-0.05, 0) is 54.1 Å². The molecular formula is C23H16Cl2N2O2. The third-order valence-electron chi connectivity index (χ3n) is 4.34. The Hall–Kier alpha value is -3.08. The first-order chi connectivity index (χ1) is 14.1. The maximum absolute atomic E-state index is 12.7. The molecule has 0 saturated heterocycles. The Morgan fingerprint density at radius 2 is 1.69 bits per heavy atom. The van der Waals surface area contributed by atoms with Crippen LogP contribution in [0.25, 0.3) is 11.3 Å². The molecule has 0 atom stereocenters. The van der Waals surface area contributed by atoms with E-state index in [2.05, 4.69) is 5.10 Å². The predicted octanol–water partition coefficient (Wildman–Crippen LogP) is 6.12. The molecule has 6 heteroatoms. The lowest BCUT2D eigenvalue weighted by atomic mass is 10.1. The van der Waals surface area contributed by atoms with Crippen LogP contribution in [0.3, 0.4) is 0 Å². The van der Waals surface area contributed by atoms with Gasteiger partial charge in [-0.3, -0.25) is 4.79 Å². The van der Waals surface area contributed by atoms with Crippen LogP contribution < -0.4 is 4.74 Å². The highest BCUT2D eigenvalue weighted by Crippen LogP contribution is 2.29. The zero-order valence-electron chi connectivity index (χ0n) is 15.3. The fraction of sp³-hybridized carbons (Fsp3) is 0.0435. The van der Waals surface area contributed by atoms with Crippen molar-refractivity contribution in [1.29, 1.82) is 0 Å². The molecule has 0 bridgehead atoms. The first kappa shape index (κ1) is 19.2. The summed E-state index contributed by atoms with van der Waals surface area (Å²) in [6, 6.07) is 23.7. The monoisotopic (exact) mass is 422 g/mol. The van der Waals surface area contributed by atoms with Gasteiger partial charge in [-0.15, -0.1) is 0 Å². The third-order valence-corrected chi connectivity index (χ3v) is 4.83. The number of hydrogen-bond acceptors (Lipinski definition) is 3. The second kappa shape index (κ2) is 8.52. The first-order valence-electron chi connectivity index (χ1n) is 8.93. The smallest absolute Gasteiger partial charge is 0.278 e. The van der Waals surface area contributed by atoms with E-state index in [9.17, 15) is 4.79 Å². The van der Waals surface area contributed by atoms with Gasteiger partial charge in [0, 0.05) is 27.4 Å². The van der Waals surface area contributed by atoms with Gasteiger partial charge in [-0.25, -0.2) is 4.68 Å². The summed E-state index contributed by atoms with van der Waals surface area (Å²) in [5.74, 6) is 0.432. The summed E-state index contributed by atoms with van der Waals surface area (Å²) >= 11 is 11.9. The van der Waals surface area contributed by atoms with Crippen LogP contribution in [0.1, 0.15) is 15.9 Å². The van der Waals surface area contributed by atoms with Gasteiger partial charge in [-0.1, -0.05) is 53.5 Å². The summed E-state index contributed by atoms with van der Waals surface area (Å²) in [5.41, 5.74) is 2.93. The number of hydrogen-bond donors (Lipinski definition) is 0. The molecule has 1 aromatic heterocycles. The zero-order chi connectivity index (χ0) is 20.2. The van der Waals surface area contributed by atoms with Crippen molar-refractivity contribution < 1.29 is 9.53 Å². The molecule has 0 aliphatic carbocycles. The Morgan fingerprint density at radius 1 is 0.897 bits per heavy atom. The standard InChI is InChI=1S/C23H16Cl2N2O2/c24-18-10-8-16(9-11-18)15-29-22-7-2-1-6-20(22)21-12-13-27(26-21)23(28)17-4-3-5-19(25)14-17/h1-14H,15H2. The van der Waals surface area contributed by atoms with Crippen molar-refractivity contribution >= 4 is 29.1 Å². The Balaban J connectivity index is 1.56. The molecule has 0 amide bonds. The molecule has 1 heterocycles. The van der Waals surface area contributed by atoms with Gasteiger partial charge in [-0.2, -0.15) is 5.10 Å². The molecule has 4 aromatic rings. The van der Waals surface area contributed by atoms with Gasteiger partial charge >= 0.3 is 0 Å². The number of halogens is 2. The number of ether oxygens (including phenoxy) is 1. The van der Waals surface area contributed by atoms with Crippen LogP contribution in [0.2, 0.25) is 10.0 Å². The Morgan fingerprint density at radius 3 is 2.48 bits per heavy atom. The fourth-order valence-corrected chi connectivity index (χ4v) is 3.20. The minimum absolute atomic E-state index is 0.252. The third kappa shape index (κ3) is 4.50. The maximum Gasteiger partial charge on any atom is 0.278 e. The van der Waals surface area contributed by atoms with Crippen LogP contribution in [0.5, 0.6) is 5.75 Å². The summed E-state index contributed by atoms with van der Waals surface area (Å²) in [6.45, 7) is 0.399. The van der Waals surface area contributed by atoms with Crippen molar-refractivity contribution in [3.05, 3.63) is 106 Å². The van der Waals surface area contributed by atoms with Crippen LogP contribution in [0, 0.1) is 0 Å². The maximum atomic E-state index is 12.7. The van der Waals surface area contributed by atoms with Gasteiger partial charge in [0.05, 0.1) is 5.69 Å². The normalized spacial score (nSPS) is 10.7. The van der Waals surface area contributed by atoms with Crippen molar-refractivity contribution in [2.45, 2.75) is 6.61 Å². The van der Waals surface area contributed by atoms with Crippen LogP contribution in [0.4, 0.5) is 0 Å². The minimum atomic E-state index is -0.252. The molecule has 3 aromatic carbocycles. The van der Waals surface area contributed by atoms with E-state index in [1.54, 1.807) is 36.5 Å². The average molecular weight is 423 g/mol. The number of benzene rings is 3. The number of nitrogens with zero attached hydrogens (tertiary/aromatic N) is 2. The predicted molar refractivity (Wildman–Crippen MR) is 115 cm³/mol. The Kier molecular flexibility index (Phi) is 5.65. The molecule has 4 rings (SSSR count). The van der Waals surface area contributed by atoms with Gasteiger partial charge < -0.3 is 4.74 Å². The van der Waals surface area contributed by atoms with E-state index < -0.39 is 0 Å². The van der Waals surface area contributed by atoms with E-state index in [0.717, 1.165) is 11.1 Å². The highest BCUT2D eigenvalue weighted by molar-refractivity contribution is 6.31. The van der Waals surface area contributed by atoms with Gasteiger partial charge in [0.15, 0.2) is 0 Å². The summed E-state index contributed by atoms with van der Waals surface area (Å²) < 4.78 is 7.30. The molecule has 0 N–H and O–H groups in total. The van der Waals surface area contributed by atoms with E-state index in [0.29, 0.717) is 33.7 Å². The molecule has 4 nitrogen and oxygen atoms in total. The topological polar surface area (TPSA) is 44.1 Å². The average Bonchev–Trinajstić information content (AvgIpc) is 3.23. The molecule has 0 radical (unpaired) electrons. The zero-order valence-corrected chi connectivity index (χ0v) is 16.8. The molecule has 0 spiro atoms. The lowest BCUT2D eigenvalue weighted by Gasteiger charge is -2.10. The molecule has 0 unspecified atom stereocenters. The molecular weight excluding hydrogens is 407 g/mol. The number of carbonyl (C=O) groups excluding carboxylic acids is 1. The molecule has 144 valence electrons. The summed E-state index contributed by atoms with van der Waals surface area (Å²) in [7, 11) is 0.